The Morgan fingerprint density at radius 2 is 1.52 bits per heavy atom. The molecule has 2 aromatic rings. The van der Waals surface area contributed by atoms with Crippen LogP contribution in [0.4, 0.5) is 5.69 Å². The lowest BCUT2D eigenvalue weighted by Gasteiger charge is -2.12. The van der Waals surface area contributed by atoms with E-state index in [4.69, 9.17) is 5.11 Å². The van der Waals surface area contributed by atoms with E-state index in [1.807, 2.05) is 36.4 Å². The lowest BCUT2D eigenvalue weighted by molar-refractivity contribution is -0.136. The van der Waals surface area contributed by atoms with Crippen LogP contribution in [0.1, 0.15) is 11.1 Å². The second-order valence-corrected chi connectivity index (χ2v) is 7.11. The minimum atomic E-state index is -0.816. The number of carbonyl (C=O) groups is 1. The van der Waals surface area contributed by atoms with Crippen molar-refractivity contribution in [2.45, 2.75) is 13.0 Å². The van der Waals surface area contributed by atoms with Crippen molar-refractivity contribution >= 4 is 59.4 Å². The molecule has 3 nitrogen and oxygen atoms in total. The van der Waals surface area contributed by atoms with Crippen molar-refractivity contribution in [3.63, 3.8) is 0 Å². The average molecular weight is 478 g/mol. The number of hydrogen-bond donors (Lipinski definition) is 2. The van der Waals surface area contributed by atoms with Crippen LogP contribution < -0.4 is 5.32 Å². The molecule has 0 aliphatic carbocycles. The summed E-state index contributed by atoms with van der Waals surface area (Å²) in [6, 6.07) is 11.5. The number of benzene rings is 2. The van der Waals surface area contributed by atoms with Gasteiger partial charge in [-0.1, -0.05) is 40.2 Å². The highest BCUT2D eigenvalue weighted by Crippen LogP contribution is 2.34. The third kappa shape index (κ3) is 4.83. The standard InChI is InChI=1S/C15H12Br3NO2/c16-11-6-12(17)15(13(18)7-11)19-8-10-3-1-9(2-4-10)5-14(20)21/h1-4,6-7,19H,5,8H2,(H,20,21). The second-order valence-electron chi connectivity index (χ2n) is 4.49. The van der Waals surface area contributed by atoms with Crippen LogP contribution in [0, 0.1) is 0 Å². The molecule has 0 radical (unpaired) electrons. The average Bonchev–Trinajstić information content (AvgIpc) is 2.38. The first kappa shape index (κ1) is 16.5. The Morgan fingerprint density at radius 3 is 2.05 bits per heavy atom. The molecule has 2 aromatic carbocycles. The summed E-state index contributed by atoms with van der Waals surface area (Å²) in [5.41, 5.74) is 2.87. The van der Waals surface area contributed by atoms with Crippen molar-refractivity contribution < 1.29 is 9.90 Å². The van der Waals surface area contributed by atoms with Gasteiger partial charge in [0, 0.05) is 20.0 Å². The lowest BCUT2D eigenvalue weighted by Crippen LogP contribution is -2.03. The van der Waals surface area contributed by atoms with Crippen LogP contribution in [-0.2, 0) is 17.8 Å². The van der Waals surface area contributed by atoms with Crippen LogP contribution in [0.25, 0.3) is 0 Å². The number of halogens is 3. The fraction of sp³-hybridized carbons (Fsp3) is 0.133. The fourth-order valence-electron chi connectivity index (χ4n) is 1.85. The number of nitrogens with one attached hydrogen (secondary N) is 1. The van der Waals surface area contributed by atoms with E-state index in [1.165, 1.54) is 0 Å². The number of rotatable bonds is 5. The Bertz CT molecular complexity index is 633. The van der Waals surface area contributed by atoms with Gasteiger partial charge in [0.25, 0.3) is 0 Å². The molecular formula is C15H12Br3NO2. The summed E-state index contributed by atoms with van der Waals surface area (Å²) in [5, 5.41) is 12.1. The quantitative estimate of drug-likeness (QED) is 0.621. The Morgan fingerprint density at radius 1 is 1.00 bits per heavy atom. The van der Waals surface area contributed by atoms with Crippen LogP contribution >= 0.6 is 47.8 Å². The van der Waals surface area contributed by atoms with Crippen LogP contribution in [0.3, 0.4) is 0 Å². The maximum absolute atomic E-state index is 10.6. The minimum Gasteiger partial charge on any atom is -0.481 e. The van der Waals surface area contributed by atoms with Crippen molar-refractivity contribution in [1.82, 2.24) is 0 Å². The molecule has 21 heavy (non-hydrogen) atoms. The molecule has 0 bridgehead atoms. The van der Waals surface area contributed by atoms with E-state index in [1.54, 1.807) is 0 Å². The second kappa shape index (κ2) is 7.42. The summed E-state index contributed by atoms with van der Waals surface area (Å²) in [6.45, 7) is 0.659. The number of carboxylic acid groups (broad SMARTS) is 1. The maximum atomic E-state index is 10.6. The van der Waals surface area contributed by atoms with Crippen molar-refractivity contribution in [1.29, 1.82) is 0 Å². The van der Waals surface area contributed by atoms with Crippen LogP contribution in [-0.4, -0.2) is 11.1 Å². The molecule has 0 amide bonds. The van der Waals surface area contributed by atoms with Gasteiger partial charge in [0.15, 0.2) is 0 Å². The molecule has 110 valence electrons. The van der Waals surface area contributed by atoms with Crippen LogP contribution in [0.5, 0.6) is 0 Å². The van der Waals surface area contributed by atoms with Crippen molar-refractivity contribution in [3.8, 4) is 0 Å². The predicted octanol–water partition coefficient (Wildman–Crippen LogP) is 5.21. The van der Waals surface area contributed by atoms with Gasteiger partial charge in [-0.3, -0.25) is 4.79 Å². The molecule has 0 aliphatic rings. The molecule has 0 saturated heterocycles. The molecule has 0 heterocycles. The summed E-state index contributed by atoms with van der Waals surface area (Å²) in [4.78, 5) is 10.6. The third-order valence-electron chi connectivity index (χ3n) is 2.85. The summed E-state index contributed by atoms with van der Waals surface area (Å²) in [5.74, 6) is -0.816. The lowest BCUT2D eigenvalue weighted by atomic mass is 10.1. The van der Waals surface area contributed by atoms with Gasteiger partial charge in [-0.25, -0.2) is 0 Å². The first-order valence-corrected chi connectivity index (χ1v) is 8.51. The zero-order chi connectivity index (χ0) is 15.4. The summed E-state index contributed by atoms with van der Waals surface area (Å²) in [7, 11) is 0. The van der Waals surface area contributed by atoms with Crippen LogP contribution in [0.2, 0.25) is 0 Å². The van der Waals surface area contributed by atoms with E-state index < -0.39 is 5.97 Å². The molecule has 0 unspecified atom stereocenters. The predicted molar refractivity (Wildman–Crippen MR) is 94.7 cm³/mol. The molecular weight excluding hydrogens is 466 g/mol. The van der Waals surface area contributed by atoms with E-state index in [-0.39, 0.29) is 6.42 Å². The SMILES string of the molecule is O=C(O)Cc1ccc(CNc2c(Br)cc(Br)cc2Br)cc1. The molecule has 2 rings (SSSR count). The van der Waals surface area contributed by atoms with E-state index in [2.05, 4.69) is 53.1 Å². The Hall–Kier alpha value is -0.850. The smallest absolute Gasteiger partial charge is 0.307 e. The van der Waals surface area contributed by atoms with Gasteiger partial charge in [0.05, 0.1) is 12.1 Å². The first-order valence-electron chi connectivity index (χ1n) is 6.13. The zero-order valence-electron chi connectivity index (χ0n) is 10.9. The monoisotopic (exact) mass is 475 g/mol. The Kier molecular flexibility index (Phi) is 5.84. The molecule has 0 spiro atoms. The van der Waals surface area contributed by atoms with Gasteiger partial charge in [0.2, 0.25) is 0 Å². The highest BCUT2D eigenvalue weighted by molar-refractivity contribution is 9.11. The first-order chi connectivity index (χ1) is 9.95. The van der Waals surface area contributed by atoms with E-state index in [0.717, 1.165) is 30.2 Å². The summed E-state index contributed by atoms with van der Waals surface area (Å²) >= 11 is 10.5. The number of aliphatic carboxylic acids is 1. The Labute approximate surface area is 148 Å². The largest absolute Gasteiger partial charge is 0.481 e. The molecule has 2 N–H and O–H groups in total. The summed E-state index contributed by atoms with van der Waals surface area (Å²) < 4.78 is 2.92. The van der Waals surface area contributed by atoms with Crippen molar-refractivity contribution in [3.05, 3.63) is 60.9 Å². The highest BCUT2D eigenvalue weighted by Gasteiger charge is 2.07. The fourth-order valence-corrected chi connectivity index (χ4v) is 4.39. The van der Waals surface area contributed by atoms with Gasteiger partial charge in [-0.15, -0.1) is 0 Å². The molecule has 0 fully saturated rings. The topological polar surface area (TPSA) is 49.3 Å². The number of carboxylic acids is 1. The van der Waals surface area contributed by atoms with Gasteiger partial charge in [-0.05, 0) is 55.1 Å². The van der Waals surface area contributed by atoms with E-state index >= 15 is 0 Å². The van der Waals surface area contributed by atoms with E-state index in [9.17, 15) is 4.79 Å². The zero-order valence-corrected chi connectivity index (χ0v) is 15.6. The van der Waals surface area contributed by atoms with Gasteiger partial charge in [0.1, 0.15) is 0 Å². The van der Waals surface area contributed by atoms with Crippen LogP contribution in [0.15, 0.2) is 49.8 Å². The van der Waals surface area contributed by atoms with Crippen molar-refractivity contribution in [2.75, 3.05) is 5.32 Å². The number of anilines is 1. The van der Waals surface area contributed by atoms with Crippen molar-refractivity contribution in [2.24, 2.45) is 0 Å². The Balaban J connectivity index is 2.05. The van der Waals surface area contributed by atoms with Gasteiger partial charge < -0.3 is 10.4 Å². The minimum absolute atomic E-state index is 0.0531. The third-order valence-corrected chi connectivity index (χ3v) is 4.56. The van der Waals surface area contributed by atoms with Gasteiger partial charge in [-0.2, -0.15) is 0 Å². The van der Waals surface area contributed by atoms with E-state index in [0.29, 0.717) is 6.54 Å². The summed E-state index contributed by atoms with van der Waals surface area (Å²) in [6.07, 6.45) is 0.0531. The molecule has 0 saturated carbocycles. The maximum Gasteiger partial charge on any atom is 0.307 e. The normalized spacial score (nSPS) is 10.4. The van der Waals surface area contributed by atoms with Gasteiger partial charge >= 0.3 is 5.97 Å². The molecule has 0 atom stereocenters. The number of hydrogen-bond acceptors (Lipinski definition) is 2. The highest BCUT2D eigenvalue weighted by atomic mass is 79.9. The molecule has 0 aromatic heterocycles. The molecule has 6 heteroatoms. The molecule has 0 aliphatic heterocycles.